The van der Waals surface area contributed by atoms with Crippen LogP contribution in [-0.4, -0.2) is 25.0 Å². The van der Waals surface area contributed by atoms with Crippen molar-refractivity contribution in [3.63, 3.8) is 0 Å². The topological polar surface area (TPSA) is 69.1 Å². The highest BCUT2D eigenvalue weighted by molar-refractivity contribution is 7.19. The van der Waals surface area contributed by atoms with Gasteiger partial charge in [-0.05, 0) is 25.1 Å². The maximum absolute atomic E-state index is 6.22. The third-order valence-electron chi connectivity index (χ3n) is 3.01. The first-order chi connectivity index (χ1) is 10.6. The number of halogens is 2. The van der Waals surface area contributed by atoms with Crippen LogP contribution in [0.5, 0.6) is 0 Å². The van der Waals surface area contributed by atoms with Gasteiger partial charge in [-0.15, -0.1) is 10.2 Å². The van der Waals surface area contributed by atoms with Gasteiger partial charge in [-0.25, -0.2) is 0 Å². The molecule has 0 aliphatic heterocycles. The Morgan fingerprint density at radius 2 is 2.05 bits per heavy atom. The summed E-state index contributed by atoms with van der Waals surface area (Å²) in [6.07, 6.45) is 0. The molecule has 0 saturated heterocycles. The lowest BCUT2D eigenvalue weighted by molar-refractivity contribution is 0.399. The molecule has 0 saturated carbocycles. The zero-order chi connectivity index (χ0) is 15.3. The SMILES string of the molecule is Cc1cc(-c2nnc3sc(-c4cc(Cl)ccc4Cl)nn23)no1. The van der Waals surface area contributed by atoms with Gasteiger partial charge in [-0.1, -0.05) is 39.7 Å². The molecule has 0 aliphatic rings. The van der Waals surface area contributed by atoms with E-state index < -0.39 is 0 Å². The first-order valence-corrected chi connectivity index (χ1v) is 7.80. The normalized spacial score (nSPS) is 11.4. The minimum atomic E-state index is 0.521. The molecular weight excluding hydrogens is 345 g/mol. The van der Waals surface area contributed by atoms with Gasteiger partial charge in [0.1, 0.15) is 10.8 Å². The number of hydrogen-bond donors (Lipinski definition) is 0. The van der Waals surface area contributed by atoms with Gasteiger partial charge in [0.2, 0.25) is 10.8 Å². The zero-order valence-electron chi connectivity index (χ0n) is 11.1. The molecule has 0 N–H and O–H groups in total. The van der Waals surface area contributed by atoms with Crippen LogP contribution in [-0.2, 0) is 0 Å². The molecule has 0 bridgehead atoms. The van der Waals surface area contributed by atoms with Crippen molar-refractivity contribution in [2.24, 2.45) is 0 Å². The molecule has 0 amide bonds. The van der Waals surface area contributed by atoms with Gasteiger partial charge >= 0.3 is 0 Å². The monoisotopic (exact) mass is 351 g/mol. The quantitative estimate of drug-likeness (QED) is 0.543. The van der Waals surface area contributed by atoms with E-state index in [0.717, 1.165) is 5.56 Å². The number of hydrogen-bond acceptors (Lipinski definition) is 6. The van der Waals surface area contributed by atoms with E-state index in [-0.39, 0.29) is 0 Å². The summed E-state index contributed by atoms with van der Waals surface area (Å²) in [5, 5.41) is 18.5. The van der Waals surface area contributed by atoms with Crippen LogP contribution < -0.4 is 0 Å². The van der Waals surface area contributed by atoms with E-state index >= 15 is 0 Å². The summed E-state index contributed by atoms with van der Waals surface area (Å²) >= 11 is 13.6. The van der Waals surface area contributed by atoms with Crippen molar-refractivity contribution in [2.75, 3.05) is 0 Å². The van der Waals surface area contributed by atoms with Crippen LogP contribution in [0.1, 0.15) is 5.76 Å². The molecule has 22 heavy (non-hydrogen) atoms. The Kier molecular flexibility index (Phi) is 3.14. The third kappa shape index (κ3) is 2.18. The first-order valence-electron chi connectivity index (χ1n) is 6.23. The van der Waals surface area contributed by atoms with Gasteiger partial charge in [0.05, 0.1) is 5.02 Å². The maximum Gasteiger partial charge on any atom is 0.235 e. The summed E-state index contributed by atoms with van der Waals surface area (Å²) in [5.41, 5.74) is 1.34. The van der Waals surface area contributed by atoms with E-state index in [4.69, 9.17) is 27.7 Å². The third-order valence-corrected chi connectivity index (χ3v) is 4.50. The van der Waals surface area contributed by atoms with Gasteiger partial charge in [-0.3, -0.25) is 0 Å². The lowest BCUT2D eigenvalue weighted by atomic mass is 10.2. The average molecular weight is 352 g/mol. The predicted octanol–water partition coefficient (Wildman–Crippen LogP) is 4.12. The van der Waals surface area contributed by atoms with Crippen molar-refractivity contribution in [1.82, 2.24) is 25.0 Å². The second-order valence-corrected chi connectivity index (χ2v) is 6.37. The highest BCUT2D eigenvalue weighted by Gasteiger charge is 2.18. The Morgan fingerprint density at radius 1 is 1.18 bits per heavy atom. The van der Waals surface area contributed by atoms with Crippen molar-refractivity contribution in [2.45, 2.75) is 6.92 Å². The van der Waals surface area contributed by atoms with E-state index in [1.54, 1.807) is 28.8 Å². The number of nitrogens with zero attached hydrogens (tertiary/aromatic N) is 5. The Bertz CT molecular complexity index is 990. The van der Waals surface area contributed by atoms with Crippen molar-refractivity contribution < 1.29 is 4.52 Å². The Balaban J connectivity index is 1.88. The van der Waals surface area contributed by atoms with Gasteiger partial charge in [0, 0.05) is 16.7 Å². The molecule has 0 atom stereocenters. The van der Waals surface area contributed by atoms with Crippen LogP contribution in [0.3, 0.4) is 0 Å². The lowest BCUT2D eigenvalue weighted by Gasteiger charge is -1.99. The molecule has 3 heterocycles. The molecule has 6 nitrogen and oxygen atoms in total. The van der Waals surface area contributed by atoms with Crippen LogP contribution >= 0.6 is 34.5 Å². The van der Waals surface area contributed by atoms with Crippen LogP contribution in [0.4, 0.5) is 0 Å². The van der Waals surface area contributed by atoms with E-state index in [2.05, 4.69) is 20.5 Å². The van der Waals surface area contributed by atoms with E-state index in [9.17, 15) is 0 Å². The number of benzene rings is 1. The first kappa shape index (κ1) is 13.7. The Labute approximate surface area is 138 Å². The summed E-state index contributed by atoms with van der Waals surface area (Å²) in [6.45, 7) is 1.81. The van der Waals surface area contributed by atoms with Crippen molar-refractivity contribution in [3.8, 4) is 22.1 Å². The number of fused-ring (bicyclic) bond motifs is 1. The summed E-state index contributed by atoms with van der Waals surface area (Å²) in [4.78, 5) is 0.640. The van der Waals surface area contributed by atoms with Gasteiger partial charge in [0.25, 0.3) is 0 Å². The van der Waals surface area contributed by atoms with E-state index in [1.165, 1.54) is 11.3 Å². The van der Waals surface area contributed by atoms with Crippen LogP contribution in [0.15, 0.2) is 28.8 Å². The van der Waals surface area contributed by atoms with Crippen LogP contribution in [0.25, 0.3) is 27.1 Å². The molecule has 0 fully saturated rings. The minimum absolute atomic E-state index is 0.521. The lowest BCUT2D eigenvalue weighted by Crippen LogP contribution is -1.91. The molecule has 110 valence electrons. The van der Waals surface area contributed by atoms with Gasteiger partial charge < -0.3 is 4.52 Å². The summed E-state index contributed by atoms with van der Waals surface area (Å²) in [6, 6.07) is 7.03. The second-order valence-electron chi connectivity index (χ2n) is 4.57. The predicted molar refractivity (Wildman–Crippen MR) is 84.3 cm³/mol. The summed E-state index contributed by atoms with van der Waals surface area (Å²) in [7, 11) is 0. The molecule has 3 aromatic heterocycles. The molecule has 9 heteroatoms. The smallest absolute Gasteiger partial charge is 0.235 e. The Hall–Kier alpha value is -1.96. The molecule has 1 aromatic carbocycles. The highest BCUT2D eigenvalue weighted by atomic mass is 35.5. The maximum atomic E-state index is 6.22. The fraction of sp³-hybridized carbons (Fsp3) is 0.0769. The second kappa shape index (κ2) is 5.05. The number of aryl methyl sites for hydroxylation is 1. The van der Waals surface area contributed by atoms with Crippen LogP contribution in [0, 0.1) is 6.92 Å². The molecule has 4 rings (SSSR count). The molecule has 0 aliphatic carbocycles. The fourth-order valence-electron chi connectivity index (χ4n) is 2.02. The van der Waals surface area contributed by atoms with Crippen molar-refractivity contribution >= 4 is 39.5 Å². The van der Waals surface area contributed by atoms with Gasteiger partial charge in [-0.2, -0.15) is 9.61 Å². The number of rotatable bonds is 2. The highest BCUT2D eigenvalue weighted by Crippen LogP contribution is 2.34. The van der Waals surface area contributed by atoms with E-state index in [1.807, 2.05) is 6.92 Å². The minimum Gasteiger partial charge on any atom is -0.361 e. The van der Waals surface area contributed by atoms with Crippen LogP contribution in [0.2, 0.25) is 10.0 Å². The standard InChI is InChI=1S/C13H7Cl2N5OS/c1-6-4-10(19-21-6)11-16-17-13-20(11)18-12(22-13)8-5-7(14)2-3-9(8)15/h2-5H,1H3. The molecule has 0 unspecified atom stereocenters. The Morgan fingerprint density at radius 3 is 2.82 bits per heavy atom. The van der Waals surface area contributed by atoms with E-state index in [0.29, 0.717) is 37.3 Å². The number of aromatic nitrogens is 5. The summed E-state index contributed by atoms with van der Waals surface area (Å²) in [5.74, 6) is 1.22. The van der Waals surface area contributed by atoms with Gasteiger partial charge in [0.15, 0.2) is 5.69 Å². The summed E-state index contributed by atoms with van der Waals surface area (Å²) < 4.78 is 6.69. The van der Waals surface area contributed by atoms with Crippen molar-refractivity contribution in [3.05, 3.63) is 40.1 Å². The molecule has 4 aromatic rings. The average Bonchev–Trinajstić information content (AvgIpc) is 3.16. The molecule has 0 spiro atoms. The zero-order valence-corrected chi connectivity index (χ0v) is 13.4. The molecular formula is C13H7Cl2N5OS. The largest absolute Gasteiger partial charge is 0.361 e. The van der Waals surface area contributed by atoms with Crippen molar-refractivity contribution in [1.29, 1.82) is 0 Å². The fourth-order valence-corrected chi connectivity index (χ4v) is 3.32. The molecule has 0 radical (unpaired) electrons.